The van der Waals surface area contributed by atoms with Crippen LogP contribution in [0.4, 0.5) is 0 Å². The summed E-state index contributed by atoms with van der Waals surface area (Å²) >= 11 is 3.02. The summed E-state index contributed by atoms with van der Waals surface area (Å²) in [7, 11) is 0. The minimum atomic E-state index is -0.0141. The third kappa shape index (κ3) is 4.61. The van der Waals surface area contributed by atoms with Crippen LogP contribution in [0, 0.1) is 0 Å². The minimum Gasteiger partial charge on any atom is -0.396 e. The lowest BCUT2D eigenvalue weighted by Crippen LogP contribution is -2.04. The van der Waals surface area contributed by atoms with Crippen LogP contribution in [-0.4, -0.2) is 40.7 Å². The van der Waals surface area contributed by atoms with E-state index in [1.54, 1.807) is 23.9 Å². The molecular formula is C17H18O3S2. The highest BCUT2D eigenvalue weighted by atomic mass is 32.2. The molecule has 0 atom stereocenters. The van der Waals surface area contributed by atoms with Crippen LogP contribution in [0.25, 0.3) is 0 Å². The van der Waals surface area contributed by atoms with Crippen LogP contribution in [0.15, 0.2) is 58.3 Å². The minimum absolute atomic E-state index is 0.0141. The summed E-state index contributed by atoms with van der Waals surface area (Å²) in [5, 5.41) is 18.0. The number of carbonyl (C=O) groups excluding carboxylic acids is 1. The Morgan fingerprint density at radius 2 is 1.59 bits per heavy atom. The number of rotatable bonds is 8. The van der Waals surface area contributed by atoms with Crippen molar-refractivity contribution in [2.75, 3.05) is 24.7 Å². The van der Waals surface area contributed by atoms with Gasteiger partial charge in [0.1, 0.15) is 0 Å². The Balaban J connectivity index is 2.30. The van der Waals surface area contributed by atoms with Crippen molar-refractivity contribution in [1.82, 2.24) is 0 Å². The van der Waals surface area contributed by atoms with Crippen LogP contribution in [0.3, 0.4) is 0 Å². The fourth-order valence-corrected chi connectivity index (χ4v) is 3.57. The van der Waals surface area contributed by atoms with Crippen molar-refractivity contribution in [3.8, 4) is 0 Å². The van der Waals surface area contributed by atoms with Gasteiger partial charge in [0.2, 0.25) is 0 Å². The summed E-state index contributed by atoms with van der Waals surface area (Å²) in [5.74, 6) is 1.15. The summed E-state index contributed by atoms with van der Waals surface area (Å²) in [6.07, 6.45) is 0. The second-order valence-electron chi connectivity index (χ2n) is 4.50. The molecule has 2 rings (SSSR count). The number of aliphatic hydroxyl groups is 2. The molecule has 0 aliphatic heterocycles. The molecule has 2 N–H and O–H groups in total. The highest BCUT2D eigenvalue weighted by Gasteiger charge is 2.14. The summed E-state index contributed by atoms with van der Waals surface area (Å²) < 4.78 is 0. The molecule has 0 aliphatic carbocycles. The molecule has 0 aliphatic rings. The lowest BCUT2D eigenvalue weighted by molar-refractivity contribution is 0.103. The first kappa shape index (κ1) is 17.1. The molecule has 0 heterocycles. The normalized spacial score (nSPS) is 10.6. The topological polar surface area (TPSA) is 57.5 Å². The molecule has 2 aromatic rings. The van der Waals surface area contributed by atoms with Gasteiger partial charge in [0.25, 0.3) is 0 Å². The maximum Gasteiger partial charge on any atom is 0.194 e. The van der Waals surface area contributed by atoms with E-state index in [0.717, 1.165) is 9.79 Å². The van der Waals surface area contributed by atoms with Gasteiger partial charge in [-0.2, -0.15) is 0 Å². The Morgan fingerprint density at radius 3 is 2.27 bits per heavy atom. The molecule has 0 spiro atoms. The first-order valence-electron chi connectivity index (χ1n) is 6.97. The average Bonchev–Trinajstić information content (AvgIpc) is 2.58. The van der Waals surface area contributed by atoms with E-state index in [-0.39, 0.29) is 19.0 Å². The zero-order valence-electron chi connectivity index (χ0n) is 12.1. The van der Waals surface area contributed by atoms with Crippen molar-refractivity contribution in [3.63, 3.8) is 0 Å². The van der Waals surface area contributed by atoms with E-state index >= 15 is 0 Å². The molecule has 2 aromatic carbocycles. The number of aliphatic hydroxyl groups excluding tert-OH is 2. The van der Waals surface area contributed by atoms with Gasteiger partial charge in [-0.15, -0.1) is 23.5 Å². The van der Waals surface area contributed by atoms with E-state index in [4.69, 9.17) is 10.2 Å². The summed E-state index contributed by atoms with van der Waals surface area (Å²) in [6, 6.07) is 14.9. The van der Waals surface area contributed by atoms with Gasteiger partial charge < -0.3 is 10.2 Å². The highest BCUT2D eigenvalue weighted by molar-refractivity contribution is 8.00. The fraction of sp³-hybridized carbons (Fsp3) is 0.235. The zero-order chi connectivity index (χ0) is 15.8. The molecule has 0 amide bonds. The van der Waals surface area contributed by atoms with Gasteiger partial charge in [-0.05, 0) is 18.2 Å². The van der Waals surface area contributed by atoms with Crippen LogP contribution in [0.5, 0.6) is 0 Å². The molecule has 22 heavy (non-hydrogen) atoms. The standard InChI is InChI=1S/C17H18O3S2/c18-8-10-21-14-6-7-15(16(12-14)22-11-9-19)17(20)13-4-2-1-3-5-13/h1-7,12,18-19H,8-11H2. The first-order valence-corrected chi connectivity index (χ1v) is 8.94. The average molecular weight is 334 g/mol. The number of hydrogen-bond donors (Lipinski definition) is 2. The lowest BCUT2D eigenvalue weighted by atomic mass is 10.0. The smallest absolute Gasteiger partial charge is 0.194 e. The van der Waals surface area contributed by atoms with Crippen molar-refractivity contribution in [2.45, 2.75) is 9.79 Å². The molecule has 3 nitrogen and oxygen atoms in total. The van der Waals surface area contributed by atoms with Gasteiger partial charge >= 0.3 is 0 Å². The molecule has 0 unspecified atom stereocenters. The van der Waals surface area contributed by atoms with Crippen LogP contribution in [0.2, 0.25) is 0 Å². The lowest BCUT2D eigenvalue weighted by Gasteiger charge is -2.10. The molecule has 0 fully saturated rings. The second-order valence-corrected chi connectivity index (χ2v) is 6.80. The number of benzene rings is 2. The van der Waals surface area contributed by atoms with E-state index < -0.39 is 0 Å². The third-order valence-corrected chi connectivity index (χ3v) is 4.95. The van der Waals surface area contributed by atoms with E-state index in [9.17, 15) is 4.79 Å². The summed E-state index contributed by atoms with van der Waals surface area (Å²) in [4.78, 5) is 14.5. The van der Waals surface area contributed by atoms with E-state index in [2.05, 4.69) is 0 Å². The van der Waals surface area contributed by atoms with Crippen molar-refractivity contribution < 1.29 is 15.0 Å². The molecule has 116 valence electrons. The van der Waals surface area contributed by atoms with Crippen LogP contribution in [0.1, 0.15) is 15.9 Å². The highest BCUT2D eigenvalue weighted by Crippen LogP contribution is 2.30. The molecule has 0 aromatic heterocycles. The largest absolute Gasteiger partial charge is 0.396 e. The van der Waals surface area contributed by atoms with Crippen molar-refractivity contribution in [2.24, 2.45) is 0 Å². The fourth-order valence-electron chi connectivity index (χ4n) is 1.96. The van der Waals surface area contributed by atoms with Gasteiger partial charge in [0.05, 0.1) is 13.2 Å². The molecule has 5 heteroatoms. The quantitative estimate of drug-likeness (QED) is 0.574. The molecule has 0 saturated carbocycles. The SMILES string of the molecule is O=C(c1ccccc1)c1ccc(SCCO)cc1SCCO. The Morgan fingerprint density at radius 1 is 0.909 bits per heavy atom. The van der Waals surface area contributed by atoms with Crippen molar-refractivity contribution in [1.29, 1.82) is 0 Å². The third-order valence-electron chi connectivity index (χ3n) is 2.94. The predicted molar refractivity (Wildman–Crippen MR) is 91.9 cm³/mol. The molecule has 0 bridgehead atoms. The predicted octanol–water partition coefficient (Wildman–Crippen LogP) is 3.09. The number of hydrogen-bond acceptors (Lipinski definition) is 5. The summed E-state index contributed by atoms with van der Waals surface area (Å²) in [5.41, 5.74) is 1.31. The maximum absolute atomic E-state index is 12.6. The van der Waals surface area contributed by atoms with Crippen LogP contribution in [-0.2, 0) is 0 Å². The van der Waals surface area contributed by atoms with Gasteiger partial charge in [-0.3, -0.25) is 4.79 Å². The van der Waals surface area contributed by atoms with Crippen molar-refractivity contribution >= 4 is 29.3 Å². The van der Waals surface area contributed by atoms with Crippen LogP contribution < -0.4 is 0 Å². The monoisotopic (exact) mass is 334 g/mol. The Bertz CT molecular complexity index is 615. The Hall–Kier alpha value is -1.27. The van der Waals surface area contributed by atoms with Gasteiger partial charge in [-0.25, -0.2) is 0 Å². The summed E-state index contributed by atoms with van der Waals surface area (Å²) in [6.45, 7) is 0.187. The van der Waals surface area contributed by atoms with E-state index in [1.807, 2.05) is 36.4 Å². The van der Waals surface area contributed by atoms with Crippen molar-refractivity contribution in [3.05, 3.63) is 59.7 Å². The number of thioether (sulfide) groups is 2. The number of ketones is 1. The van der Waals surface area contributed by atoms with E-state index in [1.165, 1.54) is 11.8 Å². The molecule has 0 saturated heterocycles. The van der Waals surface area contributed by atoms with Crippen LogP contribution >= 0.6 is 23.5 Å². The Labute approximate surface area is 138 Å². The van der Waals surface area contributed by atoms with Gasteiger partial charge in [0, 0.05) is 32.4 Å². The Kier molecular flexibility index (Phi) is 6.99. The molecule has 0 radical (unpaired) electrons. The van der Waals surface area contributed by atoms with E-state index in [0.29, 0.717) is 22.6 Å². The molecular weight excluding hydrogens is 316 g/mol. The van der Waals surface area contributed by atoms with Gasteiger partial charge in [0.15, 0.2) is 5.78 Å². The second kappa shape index (κ2) is 9.00. The van der Waals surface area contributed by atoms with Gasteiger partial charge in [-0.1, -0.05) is 30.3 Å². The first-order chi connectivity index (χ1) is 10.8. The number of carbonyl (C=O) groups is 1. The zero-order valence-corrected chi connectivity index (χ0v) is 13.7. The maximum atomic E-state index is 12.6.